The van der Waals surface area contributed by atoms with Crippen LogP contribution in [-0.4, -0.2) is 4.98 Å². The predicted octanol–water partition coefficient (Wildman–Crippen LogP) is 5.92. The van der Waals surface area contributed by atoms with Gasteiger partial charge in [0.05, 0.1) is 16.3 Å². The third-order valence-corrected chi connectivity index (χ3v) is 4.65. The second kappa shape index (κ2) is 5.79. The van der Waals surface area contributed by atoms with Crippen molar-refractivity contribution in [3.05, 3.63) is 57.8 Å². The molecule has 0 spiro atoms. The molecule has 1 N–H and O–H groups in total. The molecule has 0 aliphatic rings. The summed E-state index contributed by atoms with van der Waals surface area (Å²) in [6, 6.07) is 9.96. The smallest absolute Gasteiger partial charge is 0.184 e. The summed E-state index contributed by atoms with van der Waals surface area (Å²) >= 11 is 13.6. The molecule has 0 bridgehead atoms. The number of halogens is 3. The lowest BCUT2D eigenvalue weighted by molar-refractivity contribution is 0.629. The summed E-state index contributed by atoms with van der Waals surface area (Å²) in [6.07, 6.45) is 0. The van der Waals surface area contributed by atoms with Gasteiger partial charge in [0.1, 0.15) is 5.82 Å². The molecule has 2 aromatic carbocycles. The summed E-state index contributed by atoms with van der Waals surface area (Å²) < 4.78 is 14.1. The van der Waals surface area contributed by atoms with Crippen LogP contribution in [0.1, 0.15) is 18.5 Å². The molecule has 0 radical (unpaired) electrons. The number of nitrogens with one attached hydrogen (secondary N) is 1. The average molecular weight is 341 g/mol. The molecule has 1 aromatic heterocycles. The molecule has 3 rings (SSSR count). The molecule has 0 saturated heterocycles. The SMILES string of the molecule is CC(Nc1nc2cc(F)ccc2s1)c1ccc(Cl)cc1Cl. The van der Waals surface area contributed by atoms with Crippen LogP contribution in [0.15, 0.2) is 36.4 Å². The van der Waals surface area contributed by atoms with Crippen LogP contribution in [0.25, 0.3) is 10.2 Å². The highest BCUT2D eigenvalue weighted by Crippen LogP contribution is 2.32. The summed E-state index contributed by atoms with van der Waals surface area (Å²) in [5.74, 6) is -0.284. The van der Waals surface area contributed by atoms with Crippen molar-refractivity contribution in [3.63, 3.8) is 0 Å². The molecule has 108 valence electrons. The summed E-state index contributed by atoms with van der Waals surface area (Å²) in [6.45, 7) is 1.99. The zero-order valence-corrected chi connectivity index (χ0v) is 13.4. The number of rotatable bonds is 3. The Morgan fingerprint density at radius 3 is 2.76 bits per heavy atom. The Balaban J connectivity index is 1.87. The van der Waals surface area contributed by atoms with Crippen LogP contribution >= 0.6 is 34.5 Å². The Hall–Kier alpha value is -1.36. The van der Waals surface area contributed by atoms with Gasteiger partial charge in [-0.3, -0.25) is 0 Å². The molecular weight excluding hydrogens is 330 g/mol. The fourth-order valence-electron chi connectivity index (χ4n) is 2.08. The maximum atomic E-state index is 13.2. The molecule has 0 aliphatic carbocycles. The van der Waals surface area contributed by atoms with Gasteiger partial charge in [-0.05, 0) is 36.8 Å². The Bertz CT molecular complexity index is 803. The summed E-state index contributed by atoms with van der Waals surface area (Å²) in [5, 5.41) is 5.22. The van der Waals surface area contributed by atoms with Crippen molar-refractivity contribution in [3.8, 4) is 0 Å². The quantitative estimate of drug-likeness (QED) is 0.640. The van der Waals surface area contributed by atoms with E-state index in [4.69, 9.17) is 23.2 Å². The van der Waals surface area contributed by atoms with E-state index < -0.39 is 0 Å². The second-order valence-corrected chi connectivity index (χ2v) is 6.54. The van der Waals surface area contributed by atoms with E-state index in [0.29, 0.717) is 15.6 Å². The molecule has 1 atom stereocenters. The van der Waals surface area contributed by atoms with E-state index in [2.05, 4.69) is 10.3 Å². The normalized spacial score (nSPS) is 12.6. The van der Waals surface area contributed by atoms with Crippen LogP contribution in [-0.2, 0) is 0 Å². The van der Waals surface area contributed by atoms with E-state index >= 15 is 0 Å². The van der Waals surface area contributed by atoms with Crippen molar-refractivity contribution in [1.82, 2.24) is 4.98 Å². The number of fused-ring (bicyclic) bond motifs is 1. The maximum Gasteiger partial charge on any atom is 0.184 e. The number of thiazole rings is 1. The topological polar surface area (TPSA) is 24.9 Å². The molecule has 0 aliphatic heterocycles. The zero-order valence-electron chi connectivity index (χ0n) is 11.0. The number of hydrogen-bond acceptors (Lipinski definition) is 3. The standard InChI is InChI=1S/C15H11Cl2FN2S/c1-8(11-4-2-9(16)6-12(11)17)19-15-20-13-7-10(18)3-5-14(13)21-15/h2-8H,1H3,(H,19,20). The Labute approximate surface area is 135 Å². The minimum Gasteiger partial charge on any atom is -0.355 e. The number of aromatic nitrogens is 1. The van der Waals surface area contributed by atoms with E-state index in [1.165, 1.54) is 23.5 Å². The Kier molecular flexibility index (Phi) is 4.02. The van der Waals surface area contributed by atoms with Crippen molar-refractivity contribution in [2.24, 2.45) is 0 Å². The van der Waals surface area contributed by atoms with Gasteiger partial charge in [-0.2, -0.15) is 0 Å². The Morgan fingerprint density at radius 1 is 1.19 bits per heavy atom. The first-order valence-electron chi connectivity index (χ1n) is 6.30. The Morgan fingerprint density at radius 2 is 2.00 bits per heavy atom. The van der Waals surface area contributed by atoms with Gasteiger partial charge in [-0.25, -0.2) is 9.37 Å². The first kappa shape index (κ1) is 14.6. The zero-order chi connectivity index (χ0) is 15.0. The molecule has 0 amide bonds. The fraction of sp³-hybridized carbons (Fsp3) is 0.133. The highest BCUT2D eigenvalue weighted by molar-refractivity contribution is 7.22. The molecule has 3 aromatic rings. The molecule has 0 saturated carbocycles. The monoisotopic (exact) mass is 340 g/mol. The lowest BCUT2D eigenvalue weighted by Crippen LogP contribution is -2.06. The minimum atomic E-state index is -0.284. The molecule has 0 fully saturated rings. The molecule has 1 unspecified atom stereocenters. The van der Waals surface area contributed by atoms with E-state index in [1.54, 1.807) is 18.2 Å². The van der Waals surface area contributed by atoms with E-state index in [1.807, 2.05) is 13.0 Å². The molecule has 1 heterocycles. The molecule has 21 heavy (non-hydrogen) atoms. The largest absolute Gasteiger partial charge is 0.355 e. The number of benzene rings is 2. The van der Waals surface area contributed by atoms with E-state index in [9.17, 15) is 4.39 Å². The first-order chi connectivity index (χ1) is 10.0. The van der Waals surface area contributed by atoms with E-state index in [0.717, 1.165) is 15.4 Å². The summed E-state index contributed by atoms with van der Waals surface area (Å²) in [7, 11) is 0. The summed E-state index contributed by atoms with van der Waals surface area (Å²) in [4.78, 5) is 4.38. The van der Waals surface area contributed by atoms with E-state index in [-0.39, 0.29) is 11.9 Å². The van der Waals surface area contributed by atoms with Gasteiger partial charge in [0.2, 0.25) is 0 Å². The fourth-order valence-corrected chi connectivity index (χ4v) is 3.58. The number of anilines is 1. The predicted molar refractivity (Wildman–Crippen MR) is 88.1 cm³/mol. The van der Waals surface area contributed by atoms with Gasteiger partial charge < -0.3 is 5.32 Å². The van der Waals surface area contributed by atoms with Crippen molar-refractivity contribution < 1.29 is 4.39 Å². The molecule has 6 heteroatoms. The van der Waals surface area contributed by atoms with Gasteiger partial charge in [0.15, 0.2) is 5.13 Å². The van der Waals surface area contributed by atoms with Crippen LogP contribution in [0.3, 0.4) is 0 Å². The van der Waals surface area contributed by atoms with Crippen LogP contribution in [0, 0.1) is 5.82 Å². The lowest BCUT2D eigenvalue weighted by Gasteiger charge is -2.14. The van der Waals surface area contributed by atoms with Crippen molar-refractivity contribution in [1.29, 1.82) is 0 Å². The van der Waals surface area contributed by atoms with Crippen molar-refractivity contribution in [2.75, 3.05) is 5.32 Å². The molecule has 2 nitrogen and oxygen atoms in total. The van der Waals surface area contributed by atoms with Crippen molar-refractivity contribution in [2.45, 2.75) is 13.0 Å². The first-order valence-corrected chi connectivity index (χ1v) is 7.88. The van der Waals surface area contributed by atoms with Crippen molar-refractivity contribution >= 4 is 49.9 Å². The maximum absolute atomic E-state index is 13.2. The highest BCUT2D eigenvalue weighted by Gasteiger charge is 2.12. The minimum absolute atomic E-state index is 0.0276. The van der Waals surface area contributed by atoms with Crippen LogP contribution in [0.2, 0.25) is 10.0 Å². The van der Waals surface area contributed by atoms with Crippen LogP contribution < -0.4 is 5.32 Å². The highest BCUT2D eigenvalue weighted by atomic mass is 35.5. The third kappa shape index (κ3) is 3.12. The van der Waals surface area contributed by atoms with Crippen LogP contribution in [0.5, 0.6) is 0 Å². The third-order valence-electron chi connectivity index (χ3n) is 3.12. The van der Waals surface area contributed by atoms with Crippen LogP contribution in [0.4, 0.5) is 9.52 Å². The summed E-state index contributed by atoms with van der Waals surface area (Å²) in [5.41, 5.74) is 1.59. The van der Waals surface area contributed by atoms with Gasteiger partial charge in [-0.15, -0.1) is 0 Å². The molecular formula is C15H11Cl2FN2S. The lowest BCUT2D eigenvalue weighted by atomic mass is 10.1. The van der Waals surface area contributed by atoms with Gasteiger partial charge in [0.25, 0.3) is 0 Å². The second-order valence-electron chi connectivity index (χ2n) is 4.66. The average Bonchev–Trinajstić information content (AvgIpc) is 2.79. The van der Waals surface area contributed by atoms with Gasteiger partial charge >= 0.3 is 0 Å². The van der Waals surface area contributed by atoms with Gasteiger partial charge in [0, 0.05) is 16.1 Å². The number of nitrogens with zero attached hydrogens (tertiary/aromatic N) is 1. The van der Waals surface area contributed by atoms with Gasteiger partial charge in [-0.1, -0.05) is 40.6 Å². The number of hydrogen-bond donors (Lipinski definition) is 1.